The van der Waals surface area contributed by atoms with Gasteiger partial charge in [-0.25, -0.2) is 9.97 Å². The van der Waals surface area contributed by atoms with Gasteiger partial charge >= 0.3 is 0 Å². The predicted octanol–water partition coefficient (Wildman–Crippen LogP) is 3.03. The van der Waals surface area contributed by atoms with Crippen molar-refractivity contribution in [3.05, 3.63) is 46.9 Å². The Labute approximate surface area is 128 Å². The normalized spacial score (nSPS) is 19.5. The minimum Gasteiger partial charge on any atom is -0.508 e. The van der Waals surface area contributed by atoms with Crippen LogP contribution in [-0.2, 0) is 6.42 Å². The predicted molar refractivity (Wildman–Crippen MR) is 81.5 cm³/mol. The standard InChI is InChI=1S/C17H16N4O/c18-8-12-9-19-16(11-1-2-11)21-17(12)20-15-6-4-10-3-5-13(22)7-14(10)15/h3,5,7,9,11,15,22H,1-2,4,6H2,(H,19,20,21). The van der Waals surface area contributed by atoms with Crippen molar-refractivity contribution in [1.82, 2.24) is 9.97 Å². The number of rotatable bonds is 3. The van der Waals surface area contributed by atoms with Crippen LogP contribution in [0.15, 0.2) is 24.4 Å². The van der Waals surface area contributed by atoms with E-state index >= 15 is 0 Å². The van der Waals surface area contributed by atoms with Crippen molar-refractivity contribution in [3.8, 4) is 11.8 Å². The number of phenols is 1. The number of nitrogens with one attached hydrogen (secondary N) is 1. The first kappa shape index (κ1) is 13.1. The summed E-state index contributed by atoms with van der Waals surface area (Å²) in [6.45, 7) is 0. The minimum absolute atomic E-state index is 0.0798. The molecular formula is C17H16N4O. The van der Waals surface area contributed by atoms with Gasteiger partial charge in [-0.05, 0) is 48.9 Å². The highest BCUT2D eigenvalue weighted by Crippen LogP contribution is 2.39. The molecule has 0 amide bonds. The number of aromatic hydroxyl groups is 1. The molecule has 110 valence electrons. The molecule has 1 unspecified atom stereocenters. The summed E-state index contributed by atoms with van der Waals surface area (Å²) in [4.78, 5) is 8.85. The zero-order chi connectivity index (χ0) is 15.1. The Morgan fingerprint density at radius 2 is 2.14 bits per heavy atom. The summed E-state index contributed by atoms with van der Waals surface area (Å²) in [6.07, 6.45) is 5.78. The van der Waals surface area contributed by atoms with Gasteiger partial charge in [0.25, 0.3) is 0 Å². The molecule has 0 bridgehead atoms. The fraction of sp³-hybridized carbons (Fsp3) is 0.353. The van der Waals surface area contributed by atoms with Gasteiger partial charge in [-0.15, -0.1) is 0 Å². The van der Waals surface area contributed by atoms with Crippen LogP contribution in [0.2, 0.25) is 0 Å². The molecule has 1 saturated carbocycles. The van der Waals surface area contributed by atoms with Crippen LogP contribution in [0.25, 0.3) is 0 Å². The number of phenolic OH excluding ortho intramolecular Hbond substituents is 1. The van der Waals surface area contributed by atoms with E-state index in [2.05, 4.69) is 21.4 Å². The van der Waals surface area contributed by atoms with Crippen LogP contribution in [0.4, 0.5) is 5.82 Å². The summed E-state index contributed by atoms with van der Waals surface area (Å²) in [7, 11) is 0. The average Bonchev–Trinajstić information content (AvgIpc) is 3.31. The molecular weight excluding hydrogens is 276 g/mol. The highest BCUT2D eigenvalue weighted by atomic mass is 16.3. The third-order valence-corrected chi connectivity index (χ3v) is 4.39. The summed E-state index contributed by atoms with van der Waals surface area (Å²) >= 11 is 0. The van der Waals surface area contributed by atoms with Crippen LogP contribution >= 0.6 is 0 Å². The molecule has 4 rings (SSSR count). The molecule has 2 aliphatic carbocycles. The first-order valence-corrected chi connectivity index (χ1v) is 7.60. The zero-order valence-corrected chi connectivity index (χ0v) is 12.1. The average molecular weight is 292 g/mol. The SMILES string of the molecule is N#Cc1cnc(C2CC2)nc1NC1CCc2ccc(O)cc21. The van der Waals surface area contributed by atoms with Gasteiger partial charge < -0.3 is 10.4 Å². The lowest BCUT2D eigenvalue weighted by Crippen LogP contribution is -2.11. The number of aryl methyl sites for hydroxylation is 1. The molecule has 0 saturated heterocycles. The van der Waals surface area contributed by atoms with E-state index in [4.69, 9.17) is 0 Å². The molecule has 1 fully saturated rings. The minimum atomic E-state index is 0.0798. The van der Waals surface area contributed by atoms with Crippen molar-refractivity contribution in [2.24, 2.45) is 0 Å². The Morgan fingerprint density at radius 1 is 1.27 bits per heavy atom. The van der Waals surface area contributed by atoms with Crippen LogP contribution < -0.4 is 5.32 Å². The third kappa shape index (κ3) is 2.27. The fourth-order valence-corrected chi connectivity index (χ4v) is 3.03. The van der Waals surface area contributed by atoms with Gasteiger partial charge in [0.1, 0.15) is 29.0 Å². The van der Waals surface area contributed by atoms with E-state index in [0.717, 1.165) is 37.1 Å². The van der Waals surface area contributed by atoms with Crippen molar-refractivity contribution in [2.45, 2.75) is 37.6 Å². The maximum Gasteiger partial charge on any atom is 0.148 e. The monoisotopic (exact) mass is 292 g/mol. The van der Waals surface area contributed by atoms with Crippen molar-refractivity contribution in [3.63, 3.8) is 0 Å². The number of nitriles is 1. The molecule has 1 atom stereocenters. The van der Waals surface area contributed by atoms with Gasteiger partial charge in [0.05, 0.1) is 12.2 Å². The van der Waals surface area contributed by atoms with Crippen molar-refractivity contribution in [1.29, 1.82) is 5.26 Å². The number of hydrogen-bond donors (Lipinski definition) is 2. The number of hydrogen-bond acceptors (Lipinski definition) is 5. The van der Waals surface area contributed by atoms with Gasteiger partial charge in [0, 0.05) is 5.92 Å². The van der Waals surface area contributed by atoms with E-state index in [1.54, 1.807) is 18.3 Å². The van der Waals surface area contributed by atoms with Crippen LogP contribution in [0.3, 0.4) is 0 Å². The van der Waals surface area contributed by atoms with Gasteiger partial charge in [-0.1, -0.05) is 6.07 Å². The molecule has 1 heterocycles. The Morgan fingerprint density at radius 3 is 2.91 bits per heavy atom. The summed E-state index contributed by atoms with van der Waals surface area (Å²) in [5.74, 6) is 2.17. The second-order valence-electron chi connectivity index (χ2n) is 6.00. The quantitative estimate of drug-likeness (QED) is 0.908. The first-order valence-electron chi connectivity index (χ1n) is 7.60. The van der Waals surface area contributed by atoms with E-state index < -0.39 is 0 Å². The Kier molecular flexibility index (Phi) is 2.97. The smallest absolute Gasteiger partial charge is 0.148 e. The zero-order valence-electron chi connectivity index (χ0n) is 12.1. The highest BCUT2D eigenvalue weighted by Gasteiger charge is 2.28. The van der Waals surface area contributed by atoms with Gasteiger partial charge in [0.2, 0.25) is 0 Å². The number of anilines is 1. The summed E-state index contributed by atoms with van der Waals surface area (Å²) in [5.41, 5.74) is 2.80. The number of nitrogens with zero attached hydrogens (tertiary/aromatic N) is 3. The van der Waals surface area contributed by atoms with Crippen LogP contribution in [0, 0.1) is 11.3 Å². The molecule has 2 aromatic rings. The molecule has 0 aliphatic heterocycles. The Bertz CT molecular complexity index is 777. The number of benzene rings is 1. The topological polar surface area (TPSA) is 81.8 Å². The number of fused-ring (bicyclic) bond motifs is 1. The molecule has 2 aliphatic rings. The Balaban J connectivity index is 1.66. The van der Waals surface area contributed by atoms with Crippen molar-refractivity contribution >= 4 is 5.82 Å². The van der Waals surface area contributed by atoms with Crippen molar-refractivity contribution in [2.75, 3.05) is 5.32 Å². The first-order chi connectivity index (χ1) is 10.7. The molecule has 1 aromatic heterocycles. The maximum atomic E-state index is 9.70. The number of aromatic nitrogens is 2. The van der Waals surface area contributed by atoms with Crippen LogP contribution in [0.1, 0.15) is 53.7 Å². The van der Waals surface area contributed by atoms with Crippen LogP contribution in [0.5, 0.6) is 5.75 Å². The molecule has 0 spiro atoms. The Hall–Kier alpha value is -2.61. The van der Waals surface area contributed by atoms with Crippen molar-refractivity contribution < 1.29 is 5.11 Å². The summed E-state index contributed by atoms with van der Waals surface area (Å²) < 4.78 is 0. The van der Waals surface area contributed by atoms with E-state index in [1.807, 2.05) is 6.07 Å². The van der Waals surface area contributed by atoms with Gasteiger partial charge in [0.15, 0.2) is 0 Å². The molecule has 1 aromatic carbocycles. The lowest BCUT2D eigenvalue weighted by Gasteiger charge is -2.16. The molecule has 0 radical (unpaired) electrons. The second-order valence-corrected chi connectivity index (χ2v) is 6.00. The fourth-order valence-electron chi connectivity index (χ4n) is 3.03. The molecule has 2 N–H and O–H groups in total. The van der Waals surface area contributed by atoms with Gasteiger partial charge in [-0.3, -0.25) is 0 Å². The summed E-state index contributed by atoms with van der Waals surface area (Å²) in [6, 6.07) is 7.72. The highest BCUT2D eigenvalue weighted by molar-refractivity contribution is 5.54. The van der Waals surface area contributed by atoms with Gasteiger partial charge in [-0.2, -0.15) is 5.26 Å². The lowest BCUT2D eigenvalue weighted by molar-refractivity contribution is 0.474. The van der Waals surface area contributed by atoms with E-state index in [1.165, 1.54) is 5.56 Å². The van der Waals surface area contributed by atoms with E-state index in [-0.39, 0.29) is 11.8 Å². The molecule has 5 heteroatoms. The molecule has 5 nitrogen and oxygen atoms in total. The summed E-state index contributed by atoms with van der Waals surface area (Å²) in [5, 5.41) is 22.3. The van der Waals surface area contributed by atoms with E-state index in [0.29, 0.717) is 17.3 Å². The van der Waals surface area contributed by atoms with E-state index in [9.17, 15) is 10.4 Å². The lowest BCUT2D eigenvalue weighted by atomic mass is 10.1. The van der Waals surface area contributed by atoms with Crippen LogP contribution in [-0.4, -0.2) is 15.1 Å². The second kappa shape index (κ2) is 4.99. The third-order valence-electron chi connectivity index (χ3n) is 4.39. The largest absolute Gasteiger partial charge is 0.508 e. The molecule has 22 heavy (non-hydrogen) atoms. The maximum absolute atomic E-state index is 9.70.